The van der Waals surface area contributed by atoms with Gasteiger partial charge in [0.2, 0.25) is 0 Å². The van der Waals surface area contributed by atoms with Crippen LogP contribution in [-0.2, 0) is 7.05 Å². The van der Waals surface area contributed by atoms with Crippen LogP contribution in [0.3, 0.4) is 0 Å². The largest absolute Gasteiger partial charge is 0.297 e. The number of hydrogen-bond donors (Lipinski definition) is 0. The molecule has 2 fully saturated rings. The number of benzene rings is 2. The molecule has 3 aromatic heterocycles. The lowest BCUT2D eigenvalue weighted by molar-refractivity contribution is -0.449. The number of nitrogens with zero attached hydrogens (tertiary/aromatic N) is 3. The molecule has 2 aromatic carbocycles. The summed E-state index contributed by atoms with van der Waals surface area (Å²) in [7, 11) is 2.24. The van der Waals surface area contributed by atoms with Gasteiger partial charge in [0.15, 0.2) is 11.0 Å². The van der Waals surface area contributed by atoms with Crippen molar-refractivity contribution in [1.29, 1.82) is 0 Å². The average Bonchev–Trinajstić information content (AvgIpc) is 3.61. The van der Waals surface area contributed by atoms with Gasteiger partial charge >= 0.3 is 0 Å². The van der Waals surface area contributed by atoms with Crippen molar-refractivity contribution < 1.29 is 4.40 Å². The van der Waals surface area contributed by atoms with Crippen molar-refractivity contribution in [1.82, 2.24) is 9.55 Å². The van der Waals surface area contributed by atoms with Gasteiger partial charge in [0.1, 0.15) is 5.52 Å². The number of aryl methyl sites for hydroxylation is 2. The highest BCUT2D eigenvalue weighted by molar-refractivity contribution is 6.10. The van der Waals surface area contributed by atoms with Gasteiger partial charge in [-0.05, 0) is 85.4 Å². The SMILES string of the molecule is Cc1ccnc2c3c(C4CCCC4)cccc3[n+]3c4ccc(C5CCCC5)cc4n(C)c3c12. The average molecular weight is 435 g/mol. The van der Waals surface area contributed by atoms with Crippen molar-refractivity contribution in [3.8, 4) is 0 Å². The summed E-state index contributed by atoms with van der Waals surface area (Å²) >= 11 is 0. The molecule has 33 heavy (non-hydrogen) atoms. The number of fused-ring (bicyclic) bond motifs is 8. The smallest absolute Gasteiger partial charge is 0.255 e. The highest BCUT2D eigenvalue weighted by Gasteiger charge is 2.29. The third-order valence-corrected chi connectivity index (χ3v) is 8.69. The second-order valence-electron chi connectivity index (χ2n) is 10.5. The zero-order valence-electron chi connectivity index (χ0n) is 19.8. The van der Waals surface area contributed by atoms with Crippen LogP contribution in [0.4, 0.5) is 0 Å². The fraction of sp³-hybridized carbons (Fsp3) is 0.400. The predicted molar refractivity (Wildman–Crippen MR) is 136 cm³/mol. The van der Waals surface area contributed by atoms with E-state index in [-0.39, 0.29) is 0 Å². The van der Waals surface area contributed by atoms with Crippen LogP contribution < -0.4 is 4.40 Å². The third kappa shape index (κ3) is 2.74. The molecule has 3 nitrogen and oxygen atoms in total. The minimum Gasteiger partial charge on any atom is -0.255 e. The molecule has 0 amide bonds. The third-order valence-electron chi connectivity index (χ3n) is 8.69. The van der Waals surface area contributed by atoms with Crippen LogP contribution in [0.1, 0.15) is 79.9 Å². The Hall–Kier alpha value is -2.94. The Bertz CT molecular complexity index is 1550. The minimum absolute atomic E-state index is 0.654. The van der Waals surface area contributed by atoms with Crippen LogP contribution in [0.5, 0.6) is 0 Å². The number of imidazole rings is 1. The van der Waals surface area contributed by atoms with E-state index < -0.39 is 0 Å². The maximum Gasteiger partial charge on any atom is 0.297 e. The molecule has 0 saturated heterocycles. The van der Waals surface area contributed by atoms with E-state index in [0.717, 1.165) is 5.92 Å². The summed E-state index contributed by atoms with van der Waals surface area (Å²) in [6, 6.07) is 16.4. The second kappa shape index (κ2) is 7.28. The Morgan fingerprint density at radius 2 is 1.61 bits per heavy atom. The van der Waals surface area contributed by atoms with Crippen molar-refractivity contribution in [3.63, 3.8) is 0 Å². The van der Waals surface area contributed by atoms with Crippen LogP contribution in [0.15, 0.2) is 48.7 Å². The molecule has 0 N–H and O–H groups in total. The number of hydrogen-bond acceptors (Lipinski definition) is 1. The van der Waals surface area contributed by atoms with Crippen molar-refractivity contribution in [2.75, 3.05) is 0 Å². The monoisotopic (exact) mass is 434 g/mol. The molecule has 0 atom stereocenters. The van der Waals surface area contributed by atoms with Crippen molar-refractivity contribution in [2.24, 2.45) is 7.05 Å². The normalized spacial score (nSPS) is 18.0. The Kier molecular flexibility index (Phi) is 4.31. The first-order valence-corrected chi connectivity index (χ1v) is 12.9. The summed E-state index contributed by atoms with van der Waals surface area (Å²) in [5.74, 6) is 1.38. The van der Waals surface area contributed by atoms with E-state index in [2.05, 4.69) is 65.4 Å². The van der Waals surface area contributed by atoms with Crippen molar-refractivity contribution >= 4 is 38.5 Å². The predicted octanol–water partition coefficient (Wildman–Crippen LogP) is 7.24. The topological polar surface area (TPSA) is 21.9 Å². The standard InChI is InChI=1S/C30H32N3/c1-19-16-17-31-29-27(19)30-32(2)26-18-22(20-8-3-4-9-20)14-15-24(26)33(30)25-13-7-12-23(28(25)29)21-10-5-6-11-21/h7,12-18,20-21H,3-6,8-11H2,1-2H3/q+1. The van der Waals surface area contributed by atoms with Crippen molar-refractivity contribution in [3.05, 3.63) is 65.4 Å². The maximum absolute atomic E-state index is 5.02. The molecule has 0 unspecified atom stereocenters. The van der Waals surface area contributed by atoms with Crippen LogP contribution in [-0.4, -0.2) is 9.55 Å². The summed E-state index contributed by atoms with van der Waals surface area (Å²) in [5, 5.41) is 2.67. The summed E-state index contributed by atoms with van der Waals surface area (Å²) in [6.45, 7) is 2.25. The zero-order valence-corrected chi connectivity index (χ0v) is 19.8. The van der Waals surface area contributed by atoms with Crippen LogP contribution in [0.2, 0.25) is 0 Å². The van der Waals surface area contributed by atoms with Gasteiger partial charge < -0.3 is 0 Å². The van der Waals surface area contributed by atoms with Crippen LogP contribution >= 0.6 is 0 Å². The molecule has 2 aliphatic rings. The lowest BCUT2D eigenvalue weighted by Crippen LogP contribution is -2.23. The van der Waals surface area contributed by atoms with E-state index in [1.807, 2.05) is 6.20 Å². The highest BCUT2D eigenvalue weighted by Crippen LogP contribution is 2.41. The zero-order chi connectivity index (χ0) is 22.1. The van der Waals surface area contributed by atoms with Gasteiger partial charge in [-0.15, -0.1) is 0 Å². The molecule has 3 heteroatoms. The molecule has 3 heterocycles. The van der Waals surface area contributed by atoms with Gasteiger partial charge in [0.25, 0.3) is 5.65 Å². The fourth-order valence-electron chi connectivity index (χ4n) is 7.02. The minimum atomic E-state index is 0.654. The first-order valence-electron chi connectivity index (χ1n) is 12.9. The molecule has 0 bridgehead atoms. The first kappa shape index (κ1) is 19.5. The van der Waals surface area contributed by atoms with E-state index in [1.165, 1.54) is 107 Å². The Morgan fingerprint density at radius 3 is 2.39 bits per heavy atom. The lowest BCUT2D eigenvalue weighted by atomic mass is 9.92. The second-order valence-corrected chi connectivity index (χ2v) is 10.5. The van der Waals surface area contributed by atoms with E-state index in [1.54, 1.807) is 0 Å². The Labute approximate surface area is 195 Å². The number of rotatable bonds is 2. The molecule has 166 valence electrons. The van der Waals surface area contributed by atoms with E-state index >= 15 is 0 Å². The van der Waals surface area contributed by atoms with Gasteiger partial charge in [-0.2, -0.15) is 4.40 Å². The molecule has 0 aliphatic heterocycles. The van der Waals surface area contributed by atoms with Crippen LogP contribution in [0.25, 0.3) is 38.5 Å². The summed E-state index contributed by atoms with van der Waals surface area (Å²) in [4.78, 5) is 5.02. The summed E-state index contributed by atoms with van der Waals surface area (Å²) < 4.78 is 4.95. The molecular formula is C30H32N3+. The fourth-order valence-corrected chi connectivity index (χ4v) is 7.02. The van der Waals surface area contributed by atoms with E-state index in [0.29, 0.717) is 5.92 Å². The first-order chi connectivity index (χ1) is 16.2. The highest BCUT2D eigenvalue weighted by atomic mass is 15.1. The van der Waals surface area contributed by atoms with Gasteiger partial charge in [-0.3, -0.25) is 4.98 Å². The molecule has 2 saturated carbocycles. The van der Waals surface area contributed by atoms with E-state index in [9.17, 15) is 0 Å². The maximum atomic E-state index is 5.02. The van der Waals surface area contributed by atoms with Crippen molar-refractivity contribution in [2.45, 2.75) is 70.1 Å². The van der Waals surface area contributed by atoms with Gasteiger partial charge in [-0.25, -0.2) is 4.57 Å². The number of aromatic nitrogens is 3. The summed E-state index contributed by atoms with van der Waals surface area (Å²) in [6.07, 6.45) is 12.7. The molecule has 0 spiro atoms. The molecule has 7 rings (SSSR count). The lowest BCUT2D eigenvalue weighted by Gasteiger charge is -2.14. The molecule has 0 radical (unpaired) electrons. The molecular weight excluding hydrogens is 402 g/mol. The summed E-state index contributed by atoms with van der Waals surface area (Å²) in [5.41, 5.74) is 10.7. The van der Waals surface area contributed by atoms with Gasteiger partial charge in [0.05, 0.1) is 23.3 Å². The Balaban J connectivity index is 1.66. The van der Waals surface area contributed by atoms with Gasteiger partial charge in [-0.1, -0.05) is 43.9 Å². The number of pyridine rings is 2. The Morgan fingerprint density at radius 1 is 0.848 bits per heavy atom. The van der Waals surface area contributed by atoms with E-state index in [4.69, 9.17) is 4.98 Å². The van der Waals surface area contributed by atoms with Gasteiger partial charge in [0, 0.05) is 6.20 Å². The van der Waals surface area contributed by atoms with Crippen LogP contribution in [0, 0.1) is 6.92 Å². The quantitative estimate of drug-likeness (QED) is 0.212. The molecule has 2 aliphatic carbocycles. The molecule has 5 aromatic rings.